The van der Waals surface area contributed by atoms with Crippen molar-refractivity contribution in [3.8, 4) is 0 Å². The summed E-state index contributed by atoms with van der Waals surface area (Å²) < 4.78 is 0. The Kier molecular flexibility index (Phi) is 7.26. The molecule has 0 spiro atoms. The molecule has 1 rings (SSSR count). The molecule has 0 aliphatic heterocycles. The topological polar surface area (TPSA) is 3.24 Å². The van der Waals surface area contributed by atoms with Crippen LogP contribution in [0.15, 0.2) is 0 Å². The third kappa shape index (κ3) is 4.45. The zero-order valence-corrected chi connectivity index (χ0v) is 10.9. The van der Waals surface area contributed by atoms with Gasteiger partial charge in [-0.25, -0.2) is 0 Å². The summed E-state index contributed by atoms with van der Waals surface area (Å²) >= 11 is 0. The molecule has 0 aromatic rings. The number of hydrogen-bond donors (Lipinski definition) is 0. The second-order valence-electron chi connectivity index (χ2n) is 4.65. The lowest BCUT2D eigenvalue weighted by Crippen LogP contribution is -2.34. The lowest BCUT2D eigenvalue weighted by atomic mass is 9.72. The van der Waals surface area contributed by atoms with Crippen molar-refractivity contribution in [2.24, 2.45) is 5.41 Å². The average Bonchev–Trinajstić information content (AvgIpc) is 2.21. The van der Waals surface area contributed by atoms with Crippen LogP contribution >= 0.6 is 0 Å². The van der Waals surface area contributed by atoms with E-state index in [4.69, 9.17) is 0 Å². The van der Waals surface area contributed by atoms with E-state index < -0.39 is 0 Å². The molecule has 0 heterocycles. The van der Waals surface area contributed by atoms with Gasteiger partial charge in [-0.15, -0.1) is 0 Å². The van der Waals surface area contributed by atoms with Crippen molar-refractivity contribution < 1.29 is 0 Å². The molecule has 1 aliphatic carbocycles. The largest absolute Gasteiger partial charge is 0.309 e. The third-order valence-corrected chi connectivity index (χ3v) is 3.32. The molecule has 0 aromatic carbocycles. The van der Waals surface area contributed by atoms with Crippen molar-refractivity contribution in [2.45, 2.75) is 59.3 Å². The van der Waals surface area contributed by atoms with Crippen LogP contribution in [0.1, 0.15) is 59.3 Å². The molecule has 1 nitrogen and oxygen atoms in total. The van der Waals surface area contributed by atoms with Crippen LogP contribution in [0.5, 0.6) is 0 Å². The molecular weight excluding hydrogens is 170 g/mol. The van der Waals surface area contributed by atoms with E-state index in [0.717, 1.165) is 0 Å². The smallest absolute Gasteiger partial charge is 0.00318 e. The fraction of sp³-hybridized carbons (Fsp3) is 1.00. The molecule has 0 N–H and O–H groups in total. The summed E-state index contributed by atoms with van der Waals surface area (Å²) in [6.07, 6.45) is 8.67. The van der Waals surface area contributed by atoms with E-state index in [0.29, 0.717) is 5.41 Å². The molecule has 1 fully saturated rings. The minimum absolute atomic E-state index is 0.668. The van der Waals surface area contributed by atoms with Gasteiger partial charge in [0.15, 0.2) is 0 Å². The van der Waals surface area contributed by atoms with Crippen LogP contribution in [0.3, 0.4) is 0 Å². The Bertz CT molecular complexity index is 123. The van der Waals surface area contributed by atoms with Crippen LogP contribution in [0.4, 0.5) is 0 Å². The predicted octanol–water partition coefficient (Wildman–Crippen LogP) is 3.93. The van der Waals surface area contributed by atoms with E-state index in [1.807, 2.05) is 13.8 Å². The molecule has 0 saturated heterocycles. The Hall–Kier alpha value is -0.0400. The first-order valence-electron chi connectivity index (χ1n) is 6.33. The number of nitrogens with zero attached hydrogens (tertiary/aromatic N) is 1. The molecule has 0 unspecified atom stereocenters. The Morgan fingerprint density at radius 2 is 1.50 bits per heavy atom. The van der Waals surface area contributed by atoms with Gasteiger partial charge in [-0.3, -0.25) is 0 Å². The van der Waals surface area contributed by atoms with Crippen molar-refractivity contribution in [1.29, 1.82) is 0 Å². The minimum Gasteiger partial charge on any atom is -0.309 e. The summed E-state index contributed by atoms with van der Waals surface area (Å²) in [5.41, 5.74) is 0.668. The highest BCUT2D eigenvalue weighted by Gasteiger charge is 2.30. The summed E-state index contributed by atoms with van der Waals surface area (Å²) in [6.45, 7) is 7.65. The van der Waals surface area contributed by atoms with E-state index in [1.54, 1.807) is 0 Å². The Balaban J connectivity index is 0.000000791. The average molecular weight is 199 g/mol. The minimum atomic E-state index is 0.668. The molecule has 0 amide bonds. The summed E-state index contributed by atoms with van der Waals surface area (Å²) in [4.78, 5) is 2.36. The highest BCUT2D eigenvalue weighted by Crippen LogP contribution is 2.39. The number of hydrogen-bond acceptors (Lipinski definition) is 1. The maximum atomic E-state index is 2.36. The van der Waals surface area contributed by atoms with Gasteiger partial charge in [-0.1, -0.05) is 40.0 Å². The fourth-order valence-electron chi connectivity index (χ4n) is 2.60. The van der Waals surface area contributed by atoms with Gasteiger partial charge in [0.25, 0.3) is 0 Å². The SMILES string of the molecule is CC.CCC1(CN(C)C)CCCCC1. The van der Waals surface area contributed by atoms with Gasteiger partial charge in [0.05, 0.1) is 0 Å². The Labute approximate surface area is 90.9 Å². The van der Waals surface area contributed by atoms with Crippen molar-refractivity contribution in [3.63, 3.8) is 0 Å². The van der Waals surface area contributed by atoms with E-state index >= 15 is 0 Å². The zero-order chi connectivity index (χ0) is 11.0. The van der Waals surface area contributed by atoms with Crippen LogP contribution in [-0.2, 0) is 0 Å². The first-order chi connectivity index (χ1) is 6.68. The maximum absolute atomic E-state index is 2.36. The lowest BCUT2D eigenvalue weighted by Gasteiger charge is -2.38. The third-order valence-electron chi connectivity index (χ3n) is 3.32. The van der Waals surface area contributed by atoms with E-state index in [1.165, 1.54) is 45.1 Å². The van der Waals surface area contributed by atoms with Crippen molar-refractivity contribution in [1.82, 2.24) is 4.90 Å². The van der Waals surface area contributed by atoms with Gasteiger partial charge >= 0.3 is 0 Å². The molecule has 14 heavy (non-hydrogen) atoms. The van der Waals surface area contributed by atoms with Crippen molar-refractivity contribution in [3.05, 3.63) is 0 Å². The van der Waals surface area contributed by atoms with E-state index in [2.05, 4.69) is 25.9 Å². The van der Waals surface area contributed by atoms with Crippen molar-refractivity contribution in [2.75, 3.05) is 20.6 Å². The van der Waals surface area contributed by atoms with Gasteiger partial charge in [-0.2, -0.15) is 0 Å². The summed E-state index contributed by atoms with van der Waals surface area (Å²) in [7, 11) is 4.40. The molecule has 0 aromatic heterocycles. The van der Waals surface area contributed by atoms with Gasteiger partial charge in [0.1, 0.15) is 0 Å². The fourth-order valence-corrected chi connectivity index (χ4v) is 2.60. The molecule has 0 atom stereocenters. The van der Waals surface area contributed by atoms with Gasteiger partial charge in [-0.05, 0) is 38.8 Å². The second kappa shape index (κ2) is 7.28. The van der Waals surface area contributed by atoms with E-state index in [-0.39, 0.29) is 0 Å². The molecule has 0 bridgehead atoms. The van der Waals surface area contributed by atoms with Crippen molar-refractivity contribution >= 4 is 0 Å². The maximum Gasteiger partial charge on any atom is 0.00318 e. The highest BCUT2D eigenvalue weighted by atomic mass is 15.1. The van der Waals surface area contributed by atoms with E-state index in [9.17, 15) is 0 Å². The summed E-state index contributed by atoms with van der Waals surface area (Å²) in [5, 5.41) is 0. The quantitative estimate of drug-likeness (QED) is 0.665. The van der Waals surface area contributed by atoms with Crippen LogP contribution < -0.4 is 0 Å². The summed E-state index contributed by atoms with van der Waals surface area (Å²) in [5.74, 6) is 0. The molecule has 1 aliphatic rings. The normalized spacial score (nSPS) is 20.1. The van der Waals surface area contributed by atoms with Crippen LogP contribution in [0.25, 0.3) is 0 Å². The standard InChI is InChI=1S/C11H23N.C2H6/c1-4-11(10-12(2)3)8-6-5-7-9-11;1-2/h4-10H2,1-3H3;1-2H3. The molecule has 1 heteroatoms. The molecular formula is C13H29N. The highest BCUT2D eigenvalue weighted by molar-refractivity contribution is 4.83. The lowest BCUT2D eigenvalue weighted by molar-refractivity contribution is 0.128. The zero-order valence-electron chi connectivity index (χ0n) is 10.9. The first-order valence-corrected chi connectivity index (χ1v) is 6.33. The molecule has 1 saturated carbocycles. The van der Waals surface area contributed by atoms with Gasteiger partial charge in [0, 0.05) is 6.54 Å². The van der Waals surface area contributed by atoms with Gasteiger partial charge < -0.3 is 4.90 Å². The number of rotatable bonds is 3. The molecule has 86 valence electrons. The Morgan fingerprint density at radius 1 is 1.00 bits per heavy atom. The molecule has 0 radical (unpaired) electrons. The first kappa shape index (κ1) is 14.0. The summed E-state index contributed by atoms with van der Waals surface area (Å²) in [6, 6.07) is 0. The predicted molar refractivity (Wildman–Crippen MR) is 65.7 cm³/mol. The monoisotopic (exact) mass is 199 g/mol. The second-order valence-corrected chi connectivity index (χ2v) is 4.65. The van der Waals surface area contributed by atoms with Crippen LogP contribution in [0.2, 0.25) is 0 Å². The Morgan fingerprint density at radius 3 is 1.86 bits per heavy atom. The van der Waals surface area contributed by atoms with Crippen LogP contribution in [0, 0.1) is 5.41 Å². The van der Waals surface area contributed by atoms with Gasteiger partial charge in [0.2, 0.25) is 0 Å². The van der Waals surface area contributed by atoms with Crippen LogP contribution in [-0.4, -0.2) is 25.5 Å².